The van der Waals surface area contributed by atoms with E-state index in [0.29, 0.717) is 6.42 Å². The maximum absolute atomic E-state index is 13.1. The molecule has 0 fully saturated rings. The van der Waals surface area contributed by atoms with Gasteiger partial charge in [0.1, 0.15) is 11.8 Å². The van der Waals surface area contributed by atoms with Crippen LogP contribution in [0.4, 0.5) is 0 Å². The molecule has 2 aromatic carbocycles. The molecule has 32 heavy (non-hydrogen) atoms. The fourth-order valence-electron chi connectivity index (χ4n) is 3.65. The van der Waals surface area contributed by atoms with Crippen LogP contribution < -0.4 is 10.6 Å². The van der Waals surface area contributed by atoms with Gasteiger partial charge in [-0.2, -0.15) is 0 Å². The topological polar surface area (TPSA) is 116 Å². The van der Waals surface area contributed by atoms with Crippen LogP contribution in [0.2, 0.25) is 0 Å². The molecule has 3 atom stereocenters. The van der Waals surface area contributed by atoms with Gasteiger partial charge in [0.05, 0.1) is 0 Å². The second kappa shape index (κ2) is 11.8. The number of carbonyl (C=O) groups is 2. The predicted molar refractivity (Wildman–Crippen MR) is 126 cm³/mol. The Kier molecular flexibility index (Phi) is 9.48. The van der Waals surface area contributed by atoms with Crippen molar-refractivity contribution in [3.05, 3.63) is 65.7 Å². The Morgan fingerprint density at radius 3 is 2.16 bits per heavy atom. The summed E-state index contributed by atoms with van der Waals surface area (Å²) in [7, 11) is -2.12. The Morgan fingerprint density at radius 1 is 0.969 bits per heavy atom. The molecule has 0 aromatic heterocycles. The second-order valence-electron chi connectivity index (χ2n) is 8.55. The van der Waals surface area contributed by atoms with Crippen LogP contribution in [0.25, 0.3) is 0 Å². The van der Waals surface area contributed by atoms with Crippen LogP contribution in [0.15, 0.2) is 54.6 Å². The maximum atomic E-state index is 13.1. The van der Waals surface area contributed by atoms with E-state index in [1.165, 1.54) is 19.2 Å². The van der Waals surface area contributed by atoms with Crippen molar-refractivity contribution in [1.29, 1.82) is 0 Å². The van der Waals surface area contributed by atoms with Crippen LogP contribution in [0.1, 0.15) is 31.4 Å². The zero-order valence-corrected chi connectivity index (χ0v) is 19.7. The number of aromatic hydroxyl groups is 1. The van der Waals surface area contributed by atoms with E-state index in [1.54, 1.807) is 24.3 Å². The molecule has 4 N–H and O–H groups in total. The summed E-state index contributed by atoms with van der Waals surface area (Å²) in [6.07, 6.45) is 0.527. The molecular weight excluding hydrogens is 427 g/mol. The number of hydrogen-bond donors (Lipinski definition) is 4. The molecule has 2 rings (SSSR count). The van der Waals surface area contributed by atoms with Gasteiger partial charge in [0, 0.05) is 31.7 Å². The highest BCUT2D eigenvalue weighted by Crippen LogP contribution is 2.47. The zero-order valence-electron chi connectivity index (χ0n) is 18.8. The number of likely N-dealkylation sites (N-methyl/N-ethyl adjacent to an activating group) is 1. The fraction of sp³-hybridized carbons (Fsp3) is 0.417. The first-order valence-electron chi connectivity index (χ1n) is 10.7. The molecule has 0 aliphatic rings. The van der Waals surface area contributed by atoms with Crippen molar-refractivity contribution in [2.75, 3.05) is 13.2 Å². The molecule has 0 aliphatic carbocycles. The van der Waals surface area contributed by atoms with E-state index < -0.39 is 25.2 Å². The van der Waals surface area contributed by atoms with Crippen molar-refractivity contribution in [2.24, 2.45) is 11.8 Å². The molecule has 0 radical (unpaired) electrons. The molecular formula is C24H33N2O5P. The lowest BCUT2D eigenvalue weighted by molar-refractivity contribution is -0.130. The normalized spacial score (nSPS) is 14.9. The van der Waals surface area contributed by atoms with E-state index >= 15 is 0 Å². The Labute approximate surface area is 189 Å². The summed E-state index contributed by atoms with van der Waals surface area (Å²) in [5, 5.41) is 14.8. The predicted octanol–water partition coefficient (Wildman–Crippen LogP) is 3.30. The molecule has 0 heterocycles. The first-order chi connectivity index (χ1) is 15.1. The van der Waals surface area contributed by atoms with Crippen molar-refractivity contribution in [2.45, 2.75) is 38.9 Å². The molecule has 2 amide bonds. The molecule has 7 nitrogen and oxygen atoms in total. The number of hydrogen-bond acceptors (Lipinski definition) is 4. The number of nitrogens with one attached hydrogen (secondary N) is 2. The van der Waals surface area contributed by atoms with Gasteiger partial charge >= 0.3 is 0 Å². The lowest BCUT2D eigenvalue weighted by Gasteiger charge is -2.25. The first-order valence-corrected chi connectivity index (χ1v) is 12.8. The lowest BCUT2D eigenvalue weighted by Crippen LogP contribution is -2.49. The summed E-state index contributed by atoms with van der Waals surface area (Å²) < 4.78 is 13.0. The Hall–Kier alpha value is -2.63. The van der Waals surface area contributed by atoms with Gasteiger partial charge in [-0.15, -0.1) is 0 Å². The molecule has 2 unspecified atom stereocenters. The van der Waals surface area contributed by atoms with E-state index in [4.69, 9.17) is 0 Å². The summed E-state index contributed by atoms with van der Waals surface area (Å²) in [6, 6.07) is 14.6. The number of benzene rings is 2. The van der Waals surface area contributed by atoms with Crippen LogP contribution in [0.5, 0.6) is 5.75 Å². The average molecular weight is 461 g/mol. The van der Waals surface area contributed by atoms with Gasteiger partial charge in [0.25, 0.3) is 0 Å². The van der Waals surface area contributed by atoms with Crippen molar-refractivity contribution < 1.29 is 24.2 Å². The van der Waals surface area contributed by atoms with Crippen LogP contribution >= 0.6 is 7.37 Å². The third kappa shape index (κ3) is 8.48. The second-order valence-corrected chi connectivity index (χ2v) is 10.9. The summed E-state index contributed by atoms with van der Waals surface area (Å²) in [4.78, 5) is 36.2. The maximum Gasteiger partial charge on any atom is 0.242 e. The minimum Gasteiger partial charge on any atom is -0.508 e. The highest BCUT2D eigenvalue weighted by atomic mass is 31.2. The van der Waals surface area contributed by atoms with Crippen LogP contribution in [-0.4, -0.2) is 41.1 Å². The molecule has 8 heteroatoms. The number of phenolic OH excluding ortho intramolecular Hbond substituents is 1. The highest BCUT2D eigenvalue weighted by molar-refractivity contribution is 7.57. The average Bonchev–Trinajstić information content (AvgIpc) is 2.73. The smallest absolute Gasteiger partial charge is 0.242 e. The van der Waals surface area contributed by atoms with Crippen molar-refractivity contribution in [1.82, 2.24) is 10.6 Å². The van der Waals surface area contributed by atoms with E-state index in [2.05, 4.69) is 10.6 Å². The summed E-state index contributed by atoms with van der Waals surface area (Å²) in [5.41, 5.74) is 1.52. The lowest BCUT2D eigenvalue weighted by atomic mass is 9.97. The van der Waals surface area contributed by atoms with E-state index in [1.807, 2.05) is 32.0 Å². The molecule has 2 aromatic rings. The van der Waals surface area contributed by atoms with Crippen molar-refractivity contribution >= 4 is 19.2 Å². The Bertz CT molecular complexity index is 931. The number of rotatable bonds is 11. The third-order valence-corrected chi connectivity index (χ3v) is 7.03. The minimum atomic E-state index is -3.62. The van der Waals surface area contributed by atoms with Gasteiger partial charge in [-0.05, 0) is 35.6 Å². The Balaban J connectivity index is 2.15. The third-order valence-electron chi connectivity index (χ3n) is 5.16. The molecule has 0 saturated heterocycles. The molecule has 0 bridgehead atoms. The Morgan fingerprint density at radius 2 is 1.59 bits per heavy atom. The van der Waals surface area contributed by atoms with Crippen molar-refractivity contribution in [3.63, 3.8) is 0 Å². The van der Waals surface area contributed by atoms with Crippen LogP contribution in [0, 0.1) is 11.8 Å². The van der Waals surface area contributed by atoms with Gasteiger partial charge in [-0.25, -0.2) is 0 Å². The number of phenols is 1. The van der Waals surface area contributed by atoms with E-state index in [0.717, 1.165) is 11.1 Å². The molecule has 0 aliphatic heterocycles. The monoisotopic (exact) mass is 460 g/mol. The SMILES string of the molecule is CNC(=O)[C@@H](Cc1ccc(O)cc1)NC(=O)C(CC(C)C)CP(=O)(O)Cc1ccccc1. The number of amides is 2. The molecule has 0 spiro atoms. The summed E-state index contributed by atoms with van der Waals surface area (Å²) in [5.74, 6) is -1.21. The van der Waals surface area contributed by atoms with Gasteiger partial charge in [-0.3, -0.25) is 14.2 Å². The quantitative estimate of drug-likeness (QED) is 0.384. The van der Waals surface area contributed by atoms with E-state index in [-0.39, 0.29) is 36.3 Å². The standard InChI is InChI=1S/C24H33N2O5P/c1-17(2)13-20(16-32(30,31)15-19-7-5-4-6-8-19)23(28)26-22(24(29)25-3)14-18-9-11-21(27)12-10-18/h4-12,17,20,22,27H,13-16H2,1-3H3,(H,25,29)(H,26,28)(H,30,31)/t20?,22-/m1/s1. The van der Waals surface area contributed by atoms with Gasteiger partial charge in [-0.1, -0.05) is 56.3 Å². The first kappa shape index (κ1) is 25.6. The number of carbonyl (C=O) groups excluding carboxylic acids is 2. The minimum absolute atomic E-state index is 0.00208. The largest absolute Gasteiger partial charge is 0.508 e. The van der Waals surface area contributed by atoms with Gasteiger partial charge in [0.15, 0.2) is 0 Å². The van der Waals surface area contributed by atoms with Crippen LogP contribution in [-0.2, 0) is 26.7 Å². The summed E-state index contributed by atoms with van der Waals surface area (Å²) >= 11 is 0. The molecule has 174 valence electrons. The van der Waals surface area contributed by atoms with Gasteiger partial charge < -0.3 is 20.6 Å². The van der Waals surface area contributed by atoms with E-state index in [9.17, 15) is 24.2 Å². The zero-order chi connectivity index (χ0) is 23.7. The summed E-state index contributed by atoms with van der Waals surface area (Å²) in [6.45, 7) is 3.90. The van der Waals surface area contributed by atoms with Crippen molar-refractivity contribution in [3.8, 4) is 5.75 Å². The van der Waals surface area contributed by atoms with Crippen LogP contribution in [0.3, 0.4) is 0 Å². The molecule has 0 saturated carbocycles. The highest BCUT2D eigenvalue weighted by Gasteiger charge is 2.32. The van der Waals surface area contributed by atoms with Gasteiger partial charge in [0.2, 0.25) is 19.2 Å². The fourth-order valence-corrected chi connectivity index (χ4v) is 5.57.